The topological polar surface area (TPSA) is 132 Å². The molecule has 0 spiro atoms. The highest BCUT2D eigenvalue weighted by Crippen LogP contribution is 2.28. The maximum Gasteiger partial charge on any atom is 0.225 e. The molecular weight excluding hydrogens is 501 g/mol. The molecule has 0 aliphatic carbocycles. The first kappa shape index (κ1) is 23.2. The van der Waals surface area contributed by atoms with Crippen LogP contribution in [0.5, 0.6) is 0 Å². The van der Waals surface area contributed by atoms with Gasteiger partial charge in [0.15, 0.2) is 11.3 Å². The molecule has 7 rings (SSSR count). The standard InChI is InChI=1S/C26H24FN11O/c27-19-5-4-17(25-30-7-14-39-25)15-21(19)36-11-8-35(9-12-36)10-13-37-23-18(16-31-37)24-32-22(20-3-1-2-6-29-20)34-38(24)26(28)33-23/h1-7,14-16H,8-13H2,(H2,28,33). The number of pyridine rings is 1. The van der Waals surface area contributed by atoms with Gasteiger partial charge in [0, 0.05) is 44.5 Å². The number of piperazine rings is 1. The van der Waals surface area contributed by atoms with Gasteiger partial charge in [0.05, 0.1) is 30.0 Å². The zero-order valence-corrected chi connectivity index (χ0v) is 20.9. The van der Waals surface area contributed by atoms with Crippen LogP contribution >= 0.6 is 0 Å². The third-order valence-corrected chi connectivity index (χ3v) is 6.96. The van der Waals surface area contributed by atoms with Gasteiger partial charge in [0.2, 0.25) is 17.7 Å². The van der Waals surface area contributed by atoms with Crippen LogP contribution < -0.4 is 10.6 Å². The minimum atomic E-state index is -0.253. The van der Waals surface area contributed by atoms with Crippen molar-refractivity contribution in [1.29, 1.82) is 0 Å². The Morgan fingerprint density at radius 2 is 1.85 bits per heavy atom. The van der Waals surface area contributed by atoms with Crippen LogP contribution in [-0.2, 0) is 6.54 Å². The Hall–Kier alpha value is -4.91. The normalized spacial score (nSPS) is 14.5. The Morgan fingerprint density at radius 1 is 0.949 bits per heavy atom. The van der Waals surface area contributed by atoms with Crippen molar-refractivity contribution in [3.05, 3.63) is 67.1 Å². The fraction of sp³-hybridized carbons (Fsp3) is 0.231. The summed E-state index contributed by atoms with van der Waals surface area (Å²) >= 11 is 0. The lowest BCUT2D eigenvalue weighted by atomic mass is 10.1. The van der Waals surface area contributed by atoms with Gasteiger partial charge in [0.1, 0.15) is 17.8 Å². The lowest BCUT2D eigenvalue weighted by molar-refractivity contribution is 0.245. The van der Waals surface area contributed by atoms with E-state index in [0.717, 1.165) is 30.6 Å². The minimum Gasteiger partial charge on any atom is -0.445 e. The summed E-state index contributed by atoms with van der Waals surface area (Å²) in [6.07, 6.45) is 6.54. The summed E-state index contributed by atoms with van der Waals surface area (Å²) in [7, 11) is 0. The average Bonchev–Trinajstić information content (AvgIpc) is 3.74. The van der Waals surface area contributed by atoms with E-state index in [4.69, 9.17) is 10.2 Å². The fourth-order valence-electron chi connectivity index (χ4n) is 4.93. The molecule has 2 N–H and O–H groups in total. The third-order valence-electron chi connectivity index (χ3n) is 6.96. The van der Waals surface area contributed by atoms with E-state index < -0.39 is 0 Å². The van der Waals surface area contributed by atoms with Crippen molar-refractivity contribution in [1.82, 2.24) is 44.2 Å². The number of nitrogens with two attached hydrogens (primary N) is 1. The molecule has 1 aliphatic heterocycles. The summed E-state index contributed by atoms with van der Waals surface area (Å²) < 4.78 is 23.4. The van der Waals surface area contributed by atoms with Crippen molar-refractivity contribution < 1.29 is 8.81 Å². The van der Waals surface area contributed by atoms with Crippen LogP contribution in [0.25, 0.3) is 39.7 Å². The minimum absolute atomic E-state index is 0.233. The molecule has 6 aromatic rings. The van der Waals surface area contributed by atoms with Crippen LogP contribution in [-0.4, -0.2) is 77.0 Å². The second-order valence-electron chi connectivity index (χ2n) is 9.29. The van der Waals surface area contributed by atoms with Crippen molar-refractivity contribution >= 4 is 28.3 Å². The Labute approximate surface area is 221 Å². The van der Waals surface area contributed by atoms with Gasteiger partial charge in [0.25, 0.3) is 0 Å². The zero-order chi connectivity index (χ0) is 26.3. The lowest BCUT2D eigenvalue weighted by Gasteiger charge is -2.36. The van der Waals surface area contributed by atoms with Gasteiger partial charge in [-0.3, -0.25) is 9.88 Å². The Bertz CT molecular complexity index is 1760. The smallest absolute Gasteiger partial charge is 0.225 e. The number of nitrogens with zero attached hydrogens (tertiary/aromatic N) is 10. The summed E-state index contributed by atoms with van der Waals surface area (Å²) in [6, 6.07) is 10.5. The lowest BCUT2D eigenvalue weighted by Crippen LogP contribution is -2.47. The van der Waals surface area contributed by atoms with Crippen LogP contribution in [0.3, 0.4) is 0 Å². The molecule has 13 heteroatoms. The molecule has 0 atom stereocenters. The van der Waals surface area contributed by atoms with Crippen LogP contribution in [0.1, 0.15) is 0 Å². The van der Waals surface area contributed by atoms with Crippen LogP contribution in [0.2, 0.25) is 0 Å². The molecule has 12 nitrogen and oxygen atoms in total. The van der Waals surface area contributed by atoms with E-state index in [2.05, 4.69) is 39.9 Å². The van der Waals surface area contributed by atoms with Gasteiger partial charge in [-0.1, -0.05) is 6.07 Å². The van der Waals surface area contributed by atoms with Crippen LogP contribution in [0.15, 0.2) is 65.7 Å². The number of hydrogen-bond donors (Lipinski definition) is 1. The maximum absolute atomic E-state index is 14.7. The molecule has 196 valence electrons. The first-order valence-electron chi connectivity index (χ1n) is 12.6. The second-order valence-corrected chi connectivity index (χ2v) is 9.29. The molecule has 0 bridgehead atoms. The number of anilines is 2. The van der Waals surface area contributed by atoms with E-state index in [9.17, 15) is 4.39 Å². The average molecular weight is 526 g/mol. The molecular formula is C26H24FN11O. The Morgan fingerprint density at radius 3 is 2.64 bits per heavy atom. The van der Waals surface area contributed by atoms with E-state index in [1.54, 1.807) is 30.7 Å². The zero-order valence-electron chi connectivity index (χ0n) is 20.9. The molecule has 1 aliphatic rings. The Balaban J connectivity index is 1.05. The summed E-state index contributed by atoms with van der Waals surface area (Å²) in [5.41, 5.74) is 9.46. The van der Waals surface area contributed by atoms with Crippen LogP contribution in [0, 0.1) is 5.82 Å². The molecule has 6 heterocycles. The molecule has 1 fully saturated rings. The molecule has 1 aromatic carbocycles. The van der Waals surface area contributed by atoms with Gasteiger partial charge in [-0.2, -0.15) is 14.6 Å². The van der Waals surface area contributed by atoms with Crippen LogP contribution in [0.4, 0.5) is 16.0 Å². The van der Waals surface area contributed by atoms with E-state index >= 15 is 0 Å². The SMILES string of the molecule is Nc1nc2c(cnn2CCN2CCN(c3cc(-c4ncco4)ccc3F)CC2)c2nc(-c3ccccn3)nn12. The summed E-state index contributed by atoms with van der Waals surface area (Å²) in [6.45, 7) is 4.38. The van der Waals surface area contributed by atoms with E-state index in [-0.39, 0.29) is 11.8 Å². The number of aromatic nitrogens is 8. The van der Waals surface area contributed by atoms with Crippen molar-refractivity contribution in [2.24, 2.45) is 0 Å². The van der Waals surface area contributed by atoms with Gasteiger partial charge < -0.3 is 15.1 Å². The fourth-order valence-corrected chi connectivity index (χ4v) is 4.93. The van der Waals surface area contributed by atoms with Gasteiger partial charge >= 0.3 is 0 Å². The van der Waals surface area contributed by atoms with Crippen molar-refractivity contribution in [2.45, 2.75) is 6.54 Å². The first-order chi connectivity index (χ1) is 19.1. The number of nitrogen functional groups attached to an aromatic ring is 1. The number of rotatable bonds is 6. The molecule has 0 unspecified atom stereocenters. The number of halogens is 1. The van der Waals surface area contributed by atoms with Crippen molar-refractivity contribution in [2.75, 3.05) is 43.4 Å². The number of hydrogen-bond acceptors (Lipinski definition) is 10. The van der Waals surface area contributed by atoms with Crippen molar-refractivity contribution in [3.8, 4) is 23.0 Å². The van der Waals surface area contributed by atoms with E-state index in [1.165, 1.54) is 16.8 Å². The molecule has 39 heavy (non-hydrogen) atoms. The molecule has 0 radical (unpaired) electrons. The summed E-state index contributed by atoms with van der Waals surface area (Å²) in [5, 5.41) is 9.82. The second kappa shape index (κ2) is 9.44. The van der Waals surface area contributed by atoms with Crippen molar-refractivity contribution in [3.63, 3.8) is 0 Å². The molecule has 0 amide bonds. The van der Waals surface area contributed by atoms with Gasteiger partial charge in [-0.25, -0.2) is 19.0 Å². The maximum atomic E-state index is 14.7. The summed E-state index contributed by atoms with van der Waals surface area (Å²) in [5.74, 6) is 0.935. The van der Waals surface area contributed by atoms with E-state index in [1.807, 2.05) is 22.9 Å². The largest absolute Gasteiger partial charge is 0.445 e. The monoisotopic (exact) mass is 525 g/mol. The number of benzene rings is 1. The highest BCUT2D eigenvalue weighted by atomic mass is 19.1. The molecule has 5 aromatic heterocycles. The van der Waals surface area contributed by atoms with E-state index in [0.29, 0.717) is 54.0 Å². The Kier molecular flexibility index (Phi) is 5.62. The highest BCUT2D eigenvalue weighted by Gasteiger charge is 2.22. The van der Waals surface area contributed by atoms with Gasteiger partial charge in [-0.15, -0.1) is 5.10 Å². The summed E-state index contributed by atoms with van der Waals surface area (Å²) in [4.78, 5) is 22.1. The third kappa shape index (κ3) is 4.22. The molecule has 1 saturated heterocycles. The molecule has 0 saturated carbocycles. The highest BCUT2D eigenvalue weighted by molar-refractivity contribution is 5.90. The van der Waals surface area contributed by atoms with Gasteiger partial charge in [-0.05, 0) is 30.3 Å². The first-order valence-corrected chi connectivity index (χ1v) is 12.6. The quantitative estimate of drug-likeness (QED) is 0.346. The predicted molar refractivity (Wildman–Crippen MR) is 142 cm³/mol. The number of fused-ring (bicyclic) bond motifs is 3. The number of oxazole rings is 1. The predicted octanol–water partition coefficient (Wildman–Crippen LogP) is 2.73.